The van der Waals surface area contributed by atoms with Crippen molar-refractivity contribution in [3.05, 3.63) is 70.9 Å². The average molecular weight is 309 g/mol. The number of nitrogens with zero attached hydrogens (tertiary/aromatic N) is 3. The summed E-state index contributed by atoms with van der Waals surface area (Å²) in [6.07, 6.45) is 4.79. The third-order valence-electron chi connectivity index (χ3n) is 3.54. The van der Waals surface area contributed by atoms with Crippen molar-refractivity contribution in [3.63, 3.8) is 0 Å². The van der Waals surface area contributed by atoms with Crippen molar-refractivity contribution in [2.75, 3.05) is 0 Å². The van der Waals surface area contributed by atoms with Gasteiger partial charge >= 0.3 is 0 Å². The highest BCUT2D eigenvalue weighted by Crippen LogP contribution is 2.23. The number of hydrogen-bond donors (Lipinski definition) is 0. The Morgan fingerprint density at radius 2 is 1.83 bits per heavy atom. The average Bonchev–Trinajstić information content (AvgIpc) is 2.99. The van der Waals surface area contributed by atoms with Crippen molar-refractivity contribution in [3.8, 4) is 11.3 Å². The van der Waals surface area contributed by atoms with Gasteiger partial charge in [0.1, 0.15) is 12.3 Å². The molecule has 5 nitrogen and oxygen atoms in total. The quantitative estimate of drug-likeness (QED) is 0.745. The predicted molar refractivity (Wildman–Crippen MR) is 88.2 cm³/mol. The van der Waals surface area contributed by atoms with Gasteiger partial charge in [-0.15, -0.1) is 0 Å². The Kier molecular flexibility index (Phi) is 3.86. The zero-order chi connectivity index (χ0) is 16.4. The van der Waals surface area contributed by atoms with E-state index in [9.17, 15) is 4.79 Å². The zero-order valence-corrected chi connectivity index (χ0v) is 13.5. The van der Waals surface area contributed by atoms with E-state index in [1.807, 2.05) is 30.3 Å². The molecule has 0 atom stereocenters. The molecule has 3 aromatic rings. The van der Waals surface area contributed by atoms with E-state index in [4.69, 9.17) is 4.42 Å². The lowest BCUT2D eigenvalue weighted by Crippen LogP contribution is -2.20. The molecule has 23 heavy (non-hydrogen) atoms. The van der Waals surface area contributed by atoms with E-state index in [0.29, 0.717) is 5.89 Å². The molecule has 0 N–H and O–H groups in total. The molecule has 0 radical (unpaired) electrons. The van der Waals surface area contributed by atoms with Crippen molar-refractivity contribution in [2.45, 2.75) is 32.7 Å². The number of aromatic nitrogens is 3. The lowest BCUT2D eigenvalue weighted by Gasteiger charge is -2.13. The fourth-order valence-corrected chi connectivity index (χ4v) is 2.20. The van der Waals surface area contributed by atoms with Crippen LogP contribution in [0.5, 0.6) is 0 Å². The lowest BCUT2D eigenvalue weighted by molar-refractivity contribution is 0.375. The molecule has 5 heteroatoms. The van der Waals surface area contributed by atoms with Gasteiger partial charge in [0.15, 0.2) is 0 Å². The van der Waals surface area contributed by atoms with E-state index < -0.39 is 0 Å². The van der Waals surface area contributed by atoms with Crippen LogP contribution in [0.2, 0.25) is 0 Å². The van der Waals surface area contributed by atoms with Gasteiger partial charge in [-0.1, -0.05) is 51.1 Å². The molecule has 0 aliphatic rings. The van der Waals surface area contributed by atoms with Crippen molar-refractivity contribution in [2.24, 2.45) is 0 Å². The van der Waals surface area contributed by atoms with Crippen molar-refractivity contribution >= 4 is 0 Å². The third-order valence-corrected chi connectivity index (χ3v) is 3.54. The van der Waals surface area contributed by atoms with E-state index >= 15 is 0 Å². The minimum absolute atomic E-state index is 0.107. The highest BCUT2D eigenvalue weighted by molar-refractivity contribution is 5.57. The van der Waals surface area contributed by atoms with Gasteiger partial charge in [-0.2, -0.15) is 0 Å². The Balaban J connectivity index is 1.91. The van der Waals surface area contributed by atoms with Gasteiger partial charge in [0.05, 0.1) is 18.1 Å². The molecular weight excluding hydrogens is 290 g/mol. The maximum atomic E-state index is 12.0. The van der Waals surface area contributed by atoms with Crippen LogP contribution >= 0.6 is 0 Å². The molecule has 2 heterocycles. The fourth-order valence-electron chi connectivity index (χ4n) is 2.20. The smallest absolute Gasteiger partial charge is 0.269 e. The number of rotatable bonds is 3. The summed E-state index contributed by atoms with van der Waals surface area (Å²) >= 11 is 0. The van der Waals surface area contributed by atoms with Crippen molar-refractivity contribution in [1.82, 2.24) is 14.5 Å². The van der Waals surface area contributed by atoms with Crippen LogP contribution in [0.25, 0.3) is 11.3 Å². The fraction of sp³-hybridized carbons (Fsp3) is 0.278. The van der Waals surface area contributed by atoms with E-state index in [2.05, 4.69) is 30.7 Å². The van der Waals surface area contributed by atoms with Gasteiger partial charge in [0, 0.05) is 17.2 Å². The van der Waals surface area contributed by atoms with Crippen LogP contribution in [0.4, 0.5) is 0 Å². The van der Waals surface area contributed by atoms with Crippen molar-refractivity contribution < 1.29 is 4.42 Å². The van der Waals surface area contributed by atoms with Gasteiger partial charge in [-0.05, 0) is 0 Å². The molecule has 2 aromatic heterocycles. The molecule has 0 amide bonds. The molecule has 0 spiro atoms. The first kappa shape index (κ1) is 15.2. The SMILES string of the molecule is CC(C)(C)c1cnc(Cn2cc(-c3ccccc3)ncc2=O)o1. The number of hydrogen-bond acceptors (Lipinski definition) is 4. The van der Waals surface area contributed by atoms with E-state index in [1.54, 1.807) is 17.0 Å². The Morgan fingerprint density at radius 3 is 2.48 bits per heavy atom. The Labute approximate surface area is 134 Å². The molecule has 0 saturated carbocycles. The minimum Gasteiger partial charge on any atom is -0.443 e. The molecular formula is C18H19N3O2. The van der Waals surface area contributed by atoms with Crippen LogP contribution in [-0.2, 0) is 12.0 Å². The monoisotopic (exact) mass is 309 g/mol. The highest BCUT2D eigenvalue weighted by atomic mass is 16.4. The van der Waals surface area contributed by atoms with Gasteiger partial charge in [-0.25, -0.2) is 9.97 Å². The zero-order valence-electron chi connectivity index (χ0n) is 13.5. The second kappa shape index (κ2) is 5.83. The Bertz CT molecular complexity index is 858. The molecule has 0 bridgehead atoms. The number of oxazole rings is 1. The maximum absolute atomic E-state index is 12.0. The topological polar surface area (TPSA) is 60.9 Å². The summed E-state index contributed by atoms with van der Waals surface area (Å²) in [4.78, 5) is 20.5. The highest BCUT2D eigenvalue weighted by Gasteiger charge is 2.19. The Morgan fingerprint density at radius 1 is 1.09 bits per heavy atom. The molecule has 0 aliphatic carbocycles. The third kappa shape index (κ3) is 3.39. The largest absolute Gasteiger partial charge is 0.443 e. The summed E-state index contributed by atoms with van der Waals surface area (Å²) < 4.78 is 7.32. The number of benzene rings is 1. The van der Waals surface area contributed by atoms with Crippen LogP contribution in [0.15, 0.2) is 58.1 Å². The molecule has 0 aliphatic heterocycles. The van der Waals surface area contributed by atoms with Crippen LogP contribution in [-0.4, -0.2) is 14.5 Å². The Hall–Kier alpha value is -2.69. The summed E-state index contributed by atoms with van der Waals surface area (Å²) in [5.41, 5.74) is 1.42. The molecule has 118 valence electrons. The summed E-state index contributed by atoms with van der Waals surface area (Å²) in [5, 5.41) is 0. The normalized spacial score (nSPS) is 11.6. The summed E-state index contributed by atoms with van der Waals surface area (Å²) in [5.74, 6) is 1.32. The predicted octanol–water partition coefficient (Wildman–Crippen LogP) is 3.24. The first-order valence-electron chi connectivity index (χ1n) is 7.50. The van der Waals surface area contributed by atoms with Crippen LogP contribution < -0.4 is 5.56 Å². The second-order valence-electron chi connectivity index (χ2n) is 6.47. The van der Waals surface area contributed by atoms with Gasteiger partial charge in [0.2, 0.25) is 5.89 Å². The molecule has 0 fully saturated rings. The first-order valence-corrected chi connectivity index (χ1v) is 7.50. The van der Waals surface area contributed by atoms with Crippen LogP contribution in [0, 0.1) is 0 Å². The molecule has 0 unspecified atom stereocenters. The van der Waals surface area contributed by atoms with E-state index in [0.717, 1.165) is 17.0 Å². The van der Waals surface area contributed by atoms with Gasteiger partial charge in [-0.3, -0.25) is 4.79 Å². The summed E-state index contributed by atoms with van der Waals surface area (Å²) in [6, 6.07) is 9.74. The molecule has 3 rings (SSSR count). The first-order chi connectivity index (χ1) is 10.9. The van der Waals surface area contributed by atoms with Crippen LogP contribution in [0.1, 0.15) is 32.4 Å². The summed E-state index contributed by atoms with van der Waals surface area (Å²) in [7, 11) is 0. The lowest BCUT2D eigenvalue weighted by atomic mass is 9.94. The van der Waals surface area contributed by atoms with Gasteiger partial charge in [0.25, 0.3) is 5.56 Å². The van der Waals surface area contributed by atoms with Gasteiger partial charge < -0.3 is 8.98 Å². The summed E-state index contributed by atoms with van der Waals surface area (Å²) in [6.45, 7) is 6.47. The van der Waals surface area contributed by atoms with E-state index in [1.165, 1.54) is 6.20 Å². The standard InChI is InChI=1S/C18H19N3O2/c1-18(2,3)15-9-20-16(23-15)12-21-11-14(19-10-17(21)22)13-7-5-4-6-8-13/h4-11H,12H2,1-3H3. The van der Waals surface area contributed by atoms with Crippen LogP contribution in [0.3, 0.4) is 0 Å². The van der Waals surface area contributed by atoms with E-state index in [-0.39, 0.29) is 17.5 Å². The maximum Gasteiger partial charge on any atom is 0.269 e. The van der Waals surface area contributed by atoms with Crippen molar-refractivity contribution in [1.29, 1.82) is 0 Å². The molecule has 1 aromatic carbocycles. The second-order valence-corrected chi connectivity index (χ2v) is 6.47. The molecule has 0 saturated heterocycles. The minimum atomic E-state index is -0.180.